The fraction of sp³-hybridized carbons (Fsp3) is 0.500. The van der Waals surface area contributed by atoms with Gasteiger partial charge in [0, 0.05) is 18.5 Å². The molecule has 0 atom stereocenters. The summed E-state index contributed by atoms with van der Waals surface area (Å²) in [4.78, 5) is 22.2. The predicted octanol–water partition coefficient (Wildman–Crippen LogP) is 2.93. The molecule has 0 bridgehead atoms. The Morgan fingerprint density at radius 3 is 2.90 bits per heavy atom. The number of carbonyl (C=O) groups excluding carboxylic acids is 1. The number of piperidine rings is 1. The molecule has 4 nitrogen and oxygen atoms in total. The van der Waals surface area contributed by atoms with Gasteiger partial charge in [-0.2, -0.15) is 0 Å². The molecular weight excluding hydrogens is 250 g/mol. The van der Waals surface area contributed by atoms with Gasteiger partial charge in [-0.25, -0.2) is 4.98 Å². The zero-order chi connectivity index (χ0) is 13.9. The van der Waals surface area contributed by atoms with Crippen molar-refractivity contribution < 1.29 is 4.79 Å². The van der Waals surface area contributed by atoms with Gasteiger partial charge in [0.2, 0.25) is 0 Å². The van der Waals surface area contributed by atoms with E-state index >= 15 is 0 Å². The largest absolute Gasteiger partial charge is 0.342 e. The van der Waals surface area contributed by atoms with Crippen molar-refractivity contribution in [1.82, 2.24) is 14.9 Å². The van der Waals surface area contributed by atoms with Gasteiger partial charge < -0.3 is 9.88 Å². The van der Waals surface area contributed by atoms with E-state index in [0.717, 1.165) is 42.1 Å². The van der Waals surface area contributed by atoms with E-state index in [1.54, 1.807) is 0 Å². The lowest BCUT2D eigenvalue weighted by Crippen LogP contribution is -2.31. The molecule has 4 heteroatoms. The van der Waals surface area contributed by atoms with Crippen LogP contribution in [0.5, 0.6) is 0 Å². The van der Waals surface area contributed by atoms with Crippen LogP contribution in [0.2, 0.25) is 0 Å². The highest BCUT2D eigenvalue weighted by molar-refractivity contribution is 5.98. The van der Waals surface area contributed by atoms with Gasteiger partial charge in [0.25, 0.3) is 0 Å². The topological polar surface area (TPSA) is 49.0 Å². The van der Waals surface area contributed by atoms with Gasteiger partial charge in [-0.1, -0.05) is 6.42 Å². The molecule has 0 radical (unpaired) electrons. The van der Waals surface area contributed by atoms with Crippen LogP contribution >= 0.6 is 0 Å². The molecule has 0 amide bonds. The molecule has 1 saturated heterocycles. The number of nitrogens with zero attached hydrogens (tertiary/aromatic N) is 2. The van der Waals surface area contributed by atoms with Crippen LogP contribution in [-0.2, 0) is 0 Å². The molecule has 0 saturated carbocycles. The van der Waals surface area contributed by atoms with E-state index in [4.69, 9.17) is 0 Å². The fourth-order valence-corrected chi connectivity index (χ4v) is 2.90. The molecule has 2 heterocycles. The van der Waals surface area contributed by atoms with Crippen LogP contribution in [0.25, 0.3) is 11.0 Å². The molecule has 0 spiro atoms. The van der Waals surface area contributed by atoms with Crippen molar-refractivity contribution in [2.75, 3.05) is 19.6 Å². The number of imidazole rings is 1. The Balaban J connectivity index is 1.65. The van der Waals surface area contributed by atoms with Crippen LogP contribution in [0.15, 0.2) is 18.2 Å². The number of aromatic amines is 1. The van der Waals surface area contributed by atoms with Gasteiger partial charge >= 0.3 is 0 Å². The number of fused-ring (bicyclic) bond motifs is 1. The molecule has 1 N–H and O–H groups in total. The fourth-order valence-electron chi connectivity index (χ4n) is 2.90. The maximum Gasteiger partial charge on any atom is 0.164 e. The van der Waals surface area contributed by atoms with E-state index in [9.17, 15) is 4.79 Å². The third kappa shape index (κ3) is 2.90. The van der Waals surface area contributed by atoms with E-state index in [-0.39, 0.29) is 5.78 Å². The quantitative estimate of drug-likeness (QED) is 0.870. The van der Waals surface area contributed by atoms with E-state index < -0.39 is 0 Å². The van der Waals surface area contributed by atoms with Crippen LogP contribution in [0, 0.1) is 6.92 Å². The highest BCUT2D eigenvalue weighted by Gasteiger charge is 2.13. The number of H-pyrrole nitrogens is 1. The maximum absolute atomic E-state index is 12.3. The second-order valence-electron chi connectivity index (χ2n) is 5.63. The summed E-state index contributed by atoms with van der Waals surface area (Å²) in [5.41, 5.74) is 2.67. The highest BCUT2D eigenvalue weighted by atomic mass is 16.1. The summed E-state index contributed by atoms with van der Waals surface area (Å²) in [6.07, 6.45) is 4.49. The Hall–Kier alpha value is -1.68. The van der Waals surface area contributed by atoms with Crippen LogP contribution in [-0.4, -0.2) is 40.3 Å². The number of aromatic nitrogens is 2. The Morgan fingerprint density at radius 1 is 1.30 bits per heavy atom. The van der Waals surface area contributed by atoms with Gasteiger partial charge in [-0.05, 0) is 51.1 Å². The molecule has 1 aromatic carbocycles. The Kier molecular flexibility index (Phi) is 3.83. The molecule has 2 aromatic rings. The number of benzene rings is 1. The van der Waals surface area contributed by atoms with Gasteiger partial charge in [-0.15, -0.1) is 0 Å². The van der Waals surface area contributed by atoms with Gasteiger partial charge in [0.15, 0.2) is 5.78 Å². The molecular formula is C16H21N3O. The van der Waals surface area contributed by atoms with Gasteiger partial charge in [0.05, 0.1) is 11.0 Å². The number of hydrogen-bond donors (Lipinski definition) is 1. The Morgan fingerprint density at radius 2 is 2.10 bits per heavy atom. The molecule has 20 heavy (non-hydrogen) atoms. The molecule has 1 fully saturated rings. The van der Waals surface area contributed by atoms with Crippen molar-refractivity contribution >= 4 is 16.8 Å². The molecule has 3 rings (SSSR count). The maximum atomic E-state index is 12.3. The van der Waals surface area contributed by atoms with Crippen LogP contribution in [0.3, 0.4) is 0 Å². The van der Waals surface area contributed by atoms with Crippen molar-refractivity contribution in [2.45, 2.75) is 32.6 Å². The van der Waals surface area contributed by atoms with Crippen molar-refractivity contribution in [2.24, 2.45) is 0 Å². The number of likely N-dealkylation sites (tertiary alicyclic amines) is 1. The minimum absolute atomic E-state index is 0.227. The number of aryl methyl sites for hydroxylation is 1. The summed E-state index contributed by atoms with van der Waals surface area (Å²) < 4.78 is 0. The first-order valence-electron chi connectivity index (χ1n) is 7.44. The van der Waals surface area contributed by atoms with Gasteiger partial charge in [-0.3, -0.25) is 4.79 Å². The lowest BCUT2D eigenvalue weighted by Gasteiger charge is -2.25. The normalized spacial score (nSPS) is 16.6. The number of rotatable bonds is 4. The number of carbonyl (C=O) groups is 1. The summed E-state index contributed by atoms with van der Waals surface area (Å²) in [6.45, 7) is 5.11. The molecule has 1 aliphatic rings. The lowest BCUT2D eigenvalue weighted by molar-refractivity contribution is 0.0959. The first-order valence-corrected chi connectivity index (χ1v) is 7.44. The molecule has 106 valence electrons. The minimum Gasteiger partial charge on any atom is -0.342 e. The number of nitrogens with one attached hydrogen (secondary N) is 1. The van der Waals surface area contributed by atoms with Crippen molar-refractivity contribution in [3.05, 3.63) is 29.6 Å². The average Bonchev–Trinajstić information content (AvgIpc) is 2.85. The van der Waals surface area contributed by atoms with E-state index in [1.165, 1.54) is 19.3 Å². The SMILES string of the molecule is Cc1nc2ccc(C(=O)CCN3CCCCC3)cc2[nH]1. The van der Waals surface area contributed by atoms with Crippen molar-refractivity contribution in [3.8, 4) is 0 Å². The van der Waals surface area contributed by atoms with Crippen molar-refractivity contribution in [3.63, 3.8) is 0 Å². The Bertz CT molecular complexity index is 611. The smallest absolute Gasteiger partial charge is 0.164 e. The summed E-state index contributed by atoms with van der Waals surface area (Å²) >= 11 is 0. The summed E-state index contributed by atoms with van der Waals surface area (Å²) in [5.74, 6) is 1.11. The third-order valence-electron chi connectivity index (χ3n) is 4.03. The molecule has 0 aliphatic carbocycles. The standard InChI is InChI=1S/C16H21N3O/c1-12-17-14-6-5-13(11-15(14)18-12)16(20)7-10-19-8-3-2-4-9-19/h5-6,11H,2-4,7-10H2,1H3,(H,17,18). The lowest BCUT2D eigenvalue weighted by atomic mass is 10.1. The molecule has 0 unspecified atom stereocenters. The number of Topliss-reactive ketones (excluding diaryl/α,β-unsaturated/α-hetero) is 1. The molecule has 1 aliphatic heterocycles. The van der Waals surface area contributed by atoms with Crippen molar-refractivity contribution in [1.29, 1.82) is 0 Å². The minimum atomic E-state index is 0.227. The number of ketones is 1. The van der Waals surface area contributed by atoms with Crippen LogP contribution in [0.4, 0.5) is 0 Å². The summed E-state index contributed by atoms with van der Waals surface area (Å²) in [7, 11) is 0. The monoisotopic (exact) mass is 271 g/mol. The first-order chi connectivity index (χ1) is 9.72. The second kappa shape index (κ2) is 5.75. The Labute approximate surface area is 119 Å². The zero-order valence-corrected chi connectivity index (χ0v) is 12.0. The highest BCUT2D eigenvalue weighted by Crippen LogP contribution is 2.16. The first kappa shape index (κ1) is 13.3. The van der Waals surface area contributed by atoms with Gasteiger partial charge in [0.1, 0.15) is 5.82 Å². The summed E-state index contributed by atoms with van der Waals surface area (Å²) in [6, 6.07) is 5.74. The van der Waals surface area contributed by atoms with E-state index in [1.807, 2.05) is 25.1 Å². The second-order valence-corrected chi connectivity index (χ2v) is 5.63. The zero-order valence-electron chi connectivity index (χ0n) is 12.0. The third-order valence-corrected chi connectivity index (χ3v) is 4.03. The predicted molar refractivity (Wildman–Crippen MR) is 80.1 cm³/mol. The number of hydrogen-bond acceptors (Lipinski definition) is 3. The van der Waals surface area contributed by atoms with Crippen LogP contribution in [0.1, 0.15) is 41.9 Å². The van der Waals surface area contributed by atoms with E-state index in [0.29, 0.717) is 6.42 Å². The molecule has 1 aromatic heterocycles. The van der Waals surface area contributed by atoms with E-state index in [2.05, 4.69) is 14.9 Å². The summed E-state index contributed by atoms with van der Waals surface area (Å²) in [5, 5.41) is 0. The average molecular weight is 271 g/mol. The van der Waals surface area contributed by atoms with Crippen LogP contribution < -0.4 is 0 Å².